The molecule has 0 bridgehead atoms. The highest BCUT2D eigenvalue weighted by Gasteiger charge is 2.08. The van der Waals surface area contributed by atoms with Crippen molar-refractivity contribution in [2.45, 2.75) is 13.5 Å². The van der Waals surface area contributed by atoms with Crippen LogP contribution < -0.4 is 5.32 Å². The number of hydrogen-bond acceptors (Lipinski definition) is 2. The van der Waals surface area contributed by atoms with Gasteiger partial charge in [-0.05, 0) is 31.7 Å². The van der Waals surface area contributed by atoms with E-state index in [1.807, 2.05) is 27.1 Å². The minimum absolute atomic E-state index is 0.773. The van der Waals surface area contributed by atoms with E-state index in [1.54, 1.807) is 0 Å². The molecule has 0 saturated heterocycles. The average molecular weight is 224 g/mol. The van der Waals surface area contributed by atoms with Crippen LogP contribution in [0.1, 0.15) is 11.4 Å². The Labute approximate surface area is 94.1 Å². The van der Waals surface area contributed by atoms with Gasteiger partial charge in [-0.2, -0.15) is 0 Å². The maximum Gasteiger partial charge on any atom is 0.106 e. The number of aryl methyl sites for hydroxylation is 2. The zero-order valence-electron chi connectivity index (χ0n) is 9.13. The minimum atomic E-state index is 0.773. The number of nitrogens with one attached hydrogen (secondary N) is 1. The van der Waals surface area contributed by atoms with Crippen molar-refractivity contribution in [3.63, 3.8) is 0 Å². The Kier molecular flexibility index (Phi) is 2.67. The van der Waals surface area contributed by atoms with Gasteiger partial charge in [-0.3, -0.25) is 0 Å². The second-order valence-corrected chi connectivity index (χ2v) is 4.09. The van der Waals surface area contributed by atoms with Crippen molar-refractivity contribution in [1.82, 2.24) is 14.9 Å². The topological polar surface area (TPSA) is 29.9 Å². The van der Waals surface area contributed by atoms with E-state index in [0.29, 0.717) is 0 Å². The van der Waals surface area contributed by atoms with Crippen LogP contribution in [0.25, 0.3) is 11.0 Å². The third kappa shape index (κ3) is 1.73. The van der Waals surface area contributed by atoms with Crippen molar-refractivity contribution >= 4 is 22.6 Å². The van der Waals surface area contributed by atoms with E-state index in [1.165, 1.54) is 0 Å². The van der Waals surface area contributed by atoms with Gasteiger partial charge in [0.05, 0.1) is 11.0 Å². The second kappa shape index (κ2) is 3.83. The van der Waals surface area contributed by atoms with Crippen molar-refractivity contribution in [2.75, 3.05) is 7.05 Å². The first-order valence-electron chi connectivity index (χ1n) is 4.89. The van der Waals surface area contributed by atoms with E-state index in [0.717, 1.165) is 34.0 Å². The summed E-state index contributed by atoms with van der Waals surface area (Å²) in [6, 6.07) is 4.02. The quantitative estimate of drug-likeness (QED) is 0.847. The summed E-state index contributed by atoms with van der Waals surface area (Å²) in [7, 11) is 3.93. The molecular weight excluding hydrogens is 210 g/mol. The first kappa shape index (κ1) is 10.5. The van der Waals surface area contributed by atoms with Gasteiger partial charge in [-0.25, -0.2) is 4.98 Å². The second-order valence-electron chi connectivity index (χ2n) is 3.68. The van der Waals surface area contributed by atoms with Gasteiger partial charge in [0.25, 0.3) is 0 Å². The summed E-state index contributed by atoms with van der Waals surface area (Å²) in [5, 5.41) is 3.87. The monoisotopic (exact) mass is 223 g/mol. The minimum Gasteiger partial charge on any atom is -0.331 e. The van der Waals surface area contributed by atoms with Crippen molar-refractivity contribution in [1.29, 1.82) is 0 Å². The van der Waals surface area contributed by atoms with Crippen molar-refractivity contribution in [3.05, 3.63) is 28.5 Å². The molecule has 0 unspecified atom stereocenters. The predicted molar refractivity (Wildman–Crippen MR) is 63.2 cm³/mol. The molecule has 15 heavy (non-hydrogen) atoms. The van der Waals surface area contributed by atoms with Gasteiger partial charge >= 0.3 is 0 Å². The summed E-state index contributed by atoms with van der Waals surface area (Å²) in [5.41, 5.74) is 3.19. The molecule has 2 rings (SSSR count). The molecule has 1 aromatic carbocycles. The van der Waals surface area contributed by atoms with Gasteiger partial charge in [0, 0.05) is 18.6 Å². The number of benzene rings is 1. The zero-order chi connectivity index (χ0) is 11.0. The van der Waals surface area contributed by atoms with Crippen molar-refractivity contribution in [3.8, 4) is 0 Å². The van der Waals surface area contributed by atoms with Crippen LogP contribution in [0.3, 0.4) is 0 Å². The molecule has 0 fully saturated rings. The fourth-order valence-corrected chi connectivity index (χ4v) is 1.93. The van der Waals surface area contributed by atoms with Gasteiger partial charge in [0.1, 0.15) is 5.82 Å². The first-order chi connectivity index (χ1) is 7.13. The fourth-order valence-electron chi connectivity index (χ4n) is 1.70. The molecule has 1 heterocycles. The Morgan fingerprint density at radius 3 is 2.87 bits per heavy atom. The Balaban J connectivity index is 2.66. The highest BCUT2D eigenvalue weighted by molar-refractivity contribution is 6.32. The van der Waals surface area contributed by atoms with E-state index in [2.05, 4.69) is 20.9 Å². The average Bonchev–Trinajstić information content (AvgIpc) is 2.45. The van der Waals surface area contributed by atoms with Crippen LogP contribution in [0.2, 0.25) is 5.02 Å². The lowest BCUT2D eigenvalue weighted by Crippen LogP contribution is -2.05. The molecule has 80 valence electrons. The lowest BCUT2D eigenvalue weighted by molar-refractivity contribution is 0.817. The smallest absolute Gasteiger partial charge is 0.106 e. The molecule has 1 N–H and O–H groups in total. The Bertz CT molecular complexity index is 502. The molecular formula is C11H14ClN3. The van der Waals surface area contributed by atoms with E-state index in [9.17, 15) is 0 Å². The summed E-state index contributed by atoms with van der Waals surface area (Å²) in [6.07, 6.45) is 0. The SMILES string of the molecule is CNCc1cc2c(cc1Cl)nc(C)n2C. The third-order valence-corrected chi connectivity index (χ3v) is 2.99. The lowest BCUT2D eigenvalue weighted by Gasteiger charge is -2.04. The summed E-state index contributed by atoms with van der Waals surface area (Å²) < 4.78 is 2.07. The highest BCUT2D eigenvalue weighted by atomic mass is 35.5. The third-order valence-electron chi connectivity index (χ3n) is 2.64. The number of fused-ring (bicyclic) bond motifs is 1. The predicted octanol–water partition coefficient (Wildman–Crippen LogP) is 2.25. The molecule has 0 amide bonds. The van der Waals surface area contributed by atoms with Gasteiger partial charge in [0.15, 0.2) is 0 Å². The maximum atomic E-state index is 6.15. The van der Waals surface area contributed by atoms with Crippen LogP contribution in [-0.2, 0) is 13.6 Å². The number of hydrogen-bond donors (Lipinski definition) is 1. The van der Waals surface area contributed by atoms with Crippen molar-refractivity contribution < 1.29 is 0 Å². The number of aromatic nitrogens is 2. The molecule has 0 aliphatic heterocycles. The van der Waals surface area contributed by atoms with Crippen LogP contribution in [0.4, 0.5) is 0 Å². The molecule has 0 spiro atoms. The Hall–Kier alpha value is -1.06. The van der Waals surface area contributed by atoms with Crippen LogP contribution in [-0.4, -0.2) is 16.6 Å². The number of nitrogens with zero attached hydrogens (tertiary/aromatic N) is 2. The molecule has 0 radical (unpaired) electrons. The molecule has 0 atom stereocenters. The molecule has 2 aromatic rings. The van der Waals surface area contributed by atoms with Gasteiger partial charge < -0.3 is 9.88 Å². The number of halogens is 1. The molecule has 4 heteroatoms. The number of rotatable bonds is 2. The largest absolute Gasteiger partial charge is 0.331 e. The van der Waals surface area contributed by atoms with E-state index >= 15 is 0 Å². The molecule has 3 nitrogen and oxygen atoms in total. The van der Waals surface area contributed by atoms with Gasteiger partial charge in [-0.15, -0.1) is 0 Å². The van der Waals surface area contributed by atoms with Crippen LogP contribution in [0.5, 0.6) is 0 Å². The van der Waals surface area contributed by atoms with E-state index < -0.39 is 0 Å². The summed E-state index contributed by atoms with van der Waals surface area (Å²) in [4.78, 5) is 4.43. The standard InChI is InChI=1S/C11H14ClN3/c1-7-14-10-5-9(12)8(6-13-2)4-11(10)15(7)3/h4-5,13H,6H2,1-3H3. The normalized spacial score (nSPS) is 11.2. The first-order valence-corrected chi connectivity index (χ1v) is 5.27. The summed E-state index contributed by atoms with van der Waals surface area (Å²) >= 11 is 6.15. The zero-order valence-corrected chi connectivity index (χ0v) is 9.89. The Morgan fingerprint density at radius 2 is 2.20 bits per heavy atom. The highest BCUT2D eigenvalue weighted by Crippen LogP contribution is 2.23. The van der Waals surface area contributed by atoms with Crippen LogP contribution in [0, 0.1) is 6.92 Å². The molecule has 0 aliphatic carbocycles. The summed E-state index contributed by atoms with van der Waals surface area (Å²) in [5.74, 6) is 1.00. The molecule has 0 saturated carbocycles. The van der Waals surface area contributed by atoms with E-state index in [4.69, 9.17) is 11.6 Å². The maximum absolute atomic E-state index is 6.15. The molecule has 0 aliphatic rings. The van der Waals surface area contributed by atoms with Crippen LogP contribution in [0.15, 0.2) is 12.1 Å². The number of imidazole rings is 1. The van der Waals surface area contributed by atoms with E-state index in [-0.39, 0.29) is 0 Å². The Morgan fingerprint density at radius 1 is 1.47 bits per heavy atom. The fraction of sp³-hybridized carbons (Fsp3) is 0.364. The van der Waals surface area contributed by atoms with Gasteiger partial charge in [-0.1, -0.05) is 11.6 Å². The lowest BCUT2D eigenvalue weighted by atomic mass is 10.2. The van der Waals surface area contributed by atoms with Gasteiger partial charge in [0.2, 0.25) is 0 Å². The molecule has 1 aromatic heterocycles. The van der Waals surface area contributed by atoms with Crippen molar-refractivity contribution in [2.24, 2.45) is 7.05 Å². The van der Waals surface area contributed by atoms with Crippen LogP contribution >= 0.6 is 11.6 Å². The summed E-state index contributed by atoms with van der Waals surface area (Å²) in [6.45, 7) is 2.77.